The van der Waals surface area contributed by atoms with Crippen LogP contribution in [-0.2, 0) is 11.3 Å². The van der Waals surface area contributed by atoms with Crippen molar-refractivity contribution in [3.63, 3.8) is 0 Å². The van der Waals surface area contributed by atoms with Crippen molar-refractivity contribution in [2.24, 2.45) is 0 Å². The lowest BCUT2D eigenvalue weighted by Crippen LogP contribution is -2.32. The van der Waals surface area contributed by atoms with E-state index in [9.17, 15) is 4.79 Å². The first-order chi connectivity index (χ1) is 7.84. The number of carbonyl (C=O) groups excluding carboxylic acids is 1. The van der Waals surface area contributed by atoms with Gasteiger partial charge in [-0.25, -0.2) is 0 Å². The minimum Gasteiger partial charge on any atom is -0.356 e. The average Bonchev–Trinajstić information content (AvgIpc) is 2.52. The molecule has 0 radical (unpaired) electrons. The lowest BCUT2D eigenvalue weighted by molar-refractivity contribution is -0.121. The van der Waals surface area contributed by atoms with Crippen LogP contribution >= 0.6 is 0 Å². The maximum Gasteiger partial charge on any atom is 0.221 e. The first-order valence-electron chi connectivity index (χ1n) is 5.74. The molecule has 2 N–H and O–H groups in total. The Kier molecular flexibility index (Phi) is 3.88. The Bertz CT molecular complexity index is 339. The molecule has 1 fully saturated rings. The molecule has 0 spiro atoms. The molecule has 1 aliphatic heterocycles. The van der Waals surface area contributed by atoms with E-state index in [-0.39, 0.29) is 11.9 Å². The highest BCUT2D eigenvalue weighted by atomic mass is 16.1. The van der Waals surface area contributed by atoms with E-state index in [1.54, 1.807) is 6.20 Å². The van der Waals surface area contributed by atoms with Gasteiger partial charge in [-0.2, -0.15) is 0 Å². The van der Waals surface area contributed by atoms with Crippen molar-refractivity contribution in [3.8, 4) is 0 Å². The summed E-state index contributed by atoms with van der Waals surface area (Å²) in [5.74, 6) is 0.149. The number of hydrogen-bond acceptors (Lipinski definition) is 3. The second kappa shape index (κ2) is 5.61. The van der Waals surface area contributed by atoms with Crippen LogP contribution in [-0.4, -0.2) is 23.5 Å². The SMILES string of the molecule is O=C1CC(NCc2ccccn2)CCCN1. The summed E-state index contributed by atoms with van der Waals surface area (Å²) in [7, 11) is 0. The fourth-order valence-electron chi connectivity index (χ4n) is 1.90. The van der Waals surface area contributed by atoms with Crippen molar-refractivity contribution in [2.45, 2.75) is 31.8 Å². The minimum absolute atomic E-state index is 0.149. The zero-order chi connectivity index (χ0) is 11.2. The van der Waals surface area contributed by atoms with Gasteiger partial charge < -0.3 is 10.6 Å². The Morgan fingerprint density at radius 1 is 1.50 bits per heavy atom. The smallest absolute Gasteiger partial charge is 0.221 e. The number of pyridine rings is 1. The van der Waals surface area contributed by atoms with Gasteiger partial charge in [-0.3, -0.25) is 9.78 Å². The lowest BCUT2D eigenvalue weighted by atomic mass is 10.1. The van der Waals surface area contributed by atoms with E-state index >= 15 is 0 Å². The third-order valence-electron chi connectivity index (χ3n) is 2.78. The van der Waals surface area contributed by atoms with Crippen LogP contribution in [0.3, 0.4) is 0 Å². The highest BCUT2D eigenvalue weighted by molar-refractivity contribution is 5.76. The van der Waals surface area contributed by atoms with E-state index in [2.05, 4.69) is 15.6 Å². The third-order valence-corrected chi connectivity index (χ3v) is 2.78. The molecule has 4 nitrogen and oxygen atoms in total. The normalized spacial score (nSPS) is 21.2. The van der Waals surface area contributed by atoms with Gasteiger partial charge in [-0.15, -0.1) is 0 Å². The van der Waals surface area contributed by atoms with Crippen molar-refractivity contribution < 1.29 is 4.79 Å². The first-order valence-corrected chi connectivity index (χ1v) is 5.74. The van der Waals surface area contributed by atoms with Crippen LogP contribution in [0.5, 0.6) is 0 Å². The molecule has 16 heavy (non-hydrogen) atoms. The van der Waals surface area contributed by atoms with Gasteiger partial charge in [0.1, 0.15) is 0 Å². The Balaban J connectivity index is 1.83. The molecule has 2 heterocycles. The summed E-state index contributed by atoms with van der Waals surface area (Å²) in [4.78, 5) is 15.6. The molecule has 4 heteroatoms. The van der Waals surface area contributed by atoms with Gasteiger partial charge in [-0.1, -0.05) is 6.07 Å². The van der Waals surface area contributed by atoms with E-state index < -0.39 is 0 Å². The van der Waals surface area contributed by atoms with Crippen LogP contribution < -0.4 is 10.6 Å². The summed E-state index contributed by atoms with van der Waals surface area (Å²) in [6.45, 7) is 1.54. The number of carbonyl (C=O) groups is 1. The monoisotopic (exact) mass is 219 g/mol. The second-order valence-electron chi connectivity index (χ2n) is 4.10. The molecule has 1 aromatic heterocycles. The van der Waals surface area contributed by atoms with Gasteiger partial charge in [0.2, 0.25) is 5.91 Å². The van der Waals surface area contributed by atoms with Crippen molar-refractivity contribution in [1.82, 2.24) is 15.6 Å². The summed E-state index contributed by atoms with van der Waals surface area (Å²) < 4.78 is 0. The Morgan fingerprint density at radius 3 is 3.25 bits per heavy atom. The van der Waals surface area contributed by atoms with Crippen LogP contribution in [0.2, 0.25) is 0 Å². The van der Waals surface area contributed by atoms with E-state index in [1.165, 1.54) is 0 Å². The summed E-state index contributed by atoms with van der Waals surface area (Å²) >= 11 is 0. The highest BCUT2D eigenvalue weighted by Crippen LogP contribution is 2.06. The number of nitrogens with one attached hydrogen (secondary N) is 2. The molecule has 1 saturated heterocycles. The number of amides is 1. The quantitative estimate of drug-likeness (QED) is 0.792. The maximum absolute atomic E-state index is 11.3. The van der Waals surface area contributed by atoms with E-state index in [0.717, 1.165) is 31.6 Å². The second-order valence-corrected chi connectivity index (χ2v) is 4.10. The van der Waals surface area contributed by atoms with Crippen LogP contribution in [0.15, 0.2) is 24.4 Å². The molecule has 0 saturated carbocycles. The Labute approximate surface area is 95.5 Å². The van der Waals surface area contributed by atoms with E-state index in [0.29, 0.717) is 6.42 Å². The number of hydrogen-bond donors (Lipinski definition) is 2. The lowest BCUT2D eigenvalue weighted by Gasteiger charge is -2.14. The Hall–Kier alpha value is -1.42. The molecular formula is C12H17N3O. The highest BCUT2D eigenvalue weighted by Gasteiger charge is 2.16. The van der Waals surface area contributed by atoms with Crippen LogP contribution in [0, 0.1) is 0 Å². The summed E-state index contributed by atoms with van der Waals surface area (Å²) in [6.07, 6.45) is 4.46. The molecule has 0 aromatic carbocycles. The van der Waals surface area contributed by atoms with Crippen molar-refractivity contribution >= 4 is 5.91 Å². The molecule has 1 atom stereocenters. The summed E-state index contributed by atoms with van der Waals surface area (Å²) in [5, 5.41) is 6.26. The zero-order valence-electron chi connectivity index (χ0n) is 9.28. The maximum atomic E-state index is 11.3. The molecule has 1 aromatic rings. The van der Waals surface area contributed by atoms with Gasteiger partial charge in [0.15, 0.2) is 0 Å². The van der Waals surface area contributed by atoms with E-state index in [4.69, 9.17) is 0 Å². The van der Waals surface area contributed by atoms with Crippen molar-refractivity contribution in [1.29, 1.82) is 0 Å². The van der Waals surface area contributed by atoms with Crippen LogP contribution in [0.1, 0.15) is 25.0 Å². The number of rotatable bonds is 3. The fourth-order valence-corrected chi connectivity index (χ4v) is 1.90. The number of aromatic nitrogens is 1. The topological polar surface area (TPSA) is 54.0 Å². The predicted molar refractivity (Wildman–Crippen MR) is 61.7 cm³/mol. The molecular weight excluding hydrogens is 202 g/mol. The molecule has 0 aliphatic carbocycles. The number of nitrogens with zero attached hydrogens (tertiary/aromatic N) is 1. The van der Waals surface area contributed by atoms with E-state index in [1.807, 2.05) is 18.2 Å². The van der Waals surface area contributed by atoms with Gasteiger partial charge in [0.05, 0.1) is 5.69 Å². The van der Waals surface area contributed by atoms with Crippen LogP contribution in [0.4, 0.5) is 0 Å². The largest absolute Gasteiger partial charge is 0.356 e. The zero-order valence-corrected chi connectivity index (χ0v) is 9.28. The Morgan fingerprint density at radius 2 is 2.44 bits per heavy atom. The predicted octanol–water partition coefficient (Wildman–Crippen LogP) is 0.840. The molecule has 1 unspecified atom stereocenters. The van der Waals surface area contributed by atoms with Gasteiger partial charge >= 0.3 is 0 Å². The summed E-state index contributed by atoms with van der Waals surface area (Å²) in [6, 6.07) is 6.15. The van der Waals surface area contributed by atoms with Gasteiger partial charge in [0.25, 0.3) is 0 Å². The third kappa shape index (κ3) is 3.31. The average molecular weight is 219 g/mol. The molecule has 1 aliphatic rings. The van der Waals surface area contributed by atoms with Gasteiger partial charge in [-0.05, 0) is 25.0 Å². The molecule has 86 valence electrons. The summed E-state index contributed by atoms with van der Waals surface area (Å²) in [5.41, 5.74) is 1.02. The first kappa shape index (κ1) is 11.1. The molecule has 0 bridgehead atoms. The minimum atomic E-state index is 0.149. The van der Waals surface area contributed by atoms with Crippen LogP contribution in [0.25, 0.3) is 0 Å². The standard InChI is InChI=1S/C12H17N3O/c16-12-8-10(5-3-7-14-12)15-9-11-4-1-2-6-13-11/h1-2,4,6,10,15H,3,5,7-9H2,(H,14,16). The fraction of sp³-hybridized carbons (Fsp3) is 0.500. The van der Waals surface area contributed by atoms with Crippen molar-refractivity contribution in [2.75, 3.05) is 6.54 Å². The van der Waals surface area contributed by atoms with Gasteiger partial charge in [0, 0.05) is 31.7 Å². The molecule has 1 amide bonds. The molecule has 2 rings (SSSR count). The van der Waals surface area contributed by atoms with Crippen molar-refractivity contribution in [3.05, 3.63) is 30.1 Å².